The molecule has 2 rings (SSSR count). The number of ether oxygens (including phenoxy) is 1. The Morgan fingerprint density at radius 2 is 1.95 bits per heavy atom. The second kappa shape index (κ2) is 5.59. The second-order valence-corrected chi connectivity index (χ2v) is 4.78. The van der Waals surface area contributed by atoms with Crippen molar-refractivity contribution < 1.29 is 9.13 Å². The van der Waals surface area contributed by atoms with Crippen LogP contribution in [0.1, 0.15) is 22.7 Å². The standard InChI is InChI=1S/C15H15ClFNO/c1-9-7-11(17)4-5-12(9)15(18)10-3-6-14(19-2)13(16)8-10/h3-8,15H,18H2,1-2H3. The lowest BCUT2D eigenvalue weighted by Crippen LogP contribution is -2.13. The Morgan fingerprint density at radius 1 is 1.21 bits per heavy atom. The van der Waals surface area contributed by atoms with Crippen LogP contribution in [0.3, 0.4) is 0 Å². The van der Waals surface area contributed by atoms with Gasteiger partial charge in [0, 0.05) is 0 Å². The summed E-state index contributed by atoms with van der Waals surface area (Å²) in [6.45, 7) is 1.84. The first-order chi connectivity index (χ1) is 9.02. The number of halogens is 2. The lowest BCUT2D eigenvalue weighted by Gasteiger charge is -2.16. The van der Waals surface area contributed by atoms with E-state index >= 15 is 0 Å². The highest BCUT2D eigenvalue weighted by molar-refractivity contribution is 6.32. The van der Waals surface area contributed by atoms with Crippen molar-refractivity contribution in [1.82, 2.24) is 0 Å². The van der Waals surface area contributed by atoms with E-state index in [2.05, 4.69) is 0 Å². The normalized spacial score (nSPS) is 12.3. The van der Waals surface area contributed by atoms with Gasteiger partial charge in [-0.1, -0.05) is 23.7 Å². The van der Waals surface area contributed by atoms with Crippen molar-refractivity contribution >= 4 is 11.6 Å². The molecular weight excluding hydrogens is 265 g/mol. The highest BCUT2D eigenvalue weighted by Crippen LogP contribution is 2.30. The quantitative estimate of drug-likeness (QED) is 0.926. The van der Waals surface area contributed by atoms with E-state index in [9.17, 15) is 4.39 Å². The van der Waals surface area contributed by atoms with Gasteiger partial charge in [-0.25, -0.2) is 4.39 Å². The van der Waals surface area contributed by atoms with Gasteiger partial charge in [0.2, 0.25) is 0 Å². The zero-order chi connectivity index (χ0) is 14.0. The van der Waals surface area contributed by atoms with Crippen LogP contribution in [0.2, 0.25) is 5.02 Å². The molecule has 0 fully saturated rings. The predicted octanol–water partition coefficient (Wildman–Crippen LogP) is 3.84. The summed E-state index contributed by atoms with van der Waals surface area (Å²) in [7, 11) is 1.56. The molecule has 1 atom stereocenters. The monoisotopic (exact) mass is 279 g/mol. The van der Waals surface area contributed by atoms with Crippen molar-refractivity contribution in [3.05, 3.63) is 63.9 Å². The molecule has 0 saturated carbocycles. The largest absolute Gasteiger partial charge is 0.495 e. The van der Waals surface area contributed by atoms with Gasteiger partial charge in [-0.2, -0.15) is 0 Å². The van der Waals surface area contributed by atoms with E-state index in [0.717, 1.165) is 16.7 Å². The average molecular weight is 280 g/mol. The molecule has 0 spiro atoms. The number of aryl methyl sites for hydroxylation is 1. The average Bonchev–Trinajstić information content (AvgIpc) is 2.38. The first-order valence-electron chi connectivity index (χ1n) is 5.88. The zero-order valence-corrected chi connectivity index (χ0v) is 11.5. The molecule has 2 aromatic carbocycles. The summed E-state index contributed by atoms with van der Waals surface area (Å²) in [5.41, 5.74) is 8.76. The number of benzene rings is 2. The van der Waals surface area contributed by atoms with Gasteiger partial charge < -0.3 is 10.5 Å². The number of hydrogen-bond acceptors (Lipinski definition) is 2. The van der Waals surface area contributed by atoms with Gasteiger partial charge in [-0.05, 0) is 47.9 Å². The fourth-order valence-electron chi connectivity index (χ4n) is 2.04. The van der Waals surface area contributed by atoms with Crippen LogP contribution in [0.15, 0.2) is 36.4 Å². The number of hydrogen-bond donors (Lipinski definition) is 1. The summed E-state index contributed by atoms with van der Waals surface area (Å²) in [6, 6.07) is 9.65. The van der Waals surface area contributed by atoms with Gasteiger partial charge in [0.25, 0.3) is 0 Å². The lowest BCUT2D eigenvalue weighted by atomic mass is 9.95. The Morgan fingerprint density at radius 3 is 2.53 bits per heavy atom. The van der Waals surface area contributed by atoms with Crippen LogP contribution < -0.4 is 10.5 Å². The Bertz CT molecular complexity index is 601. The number of nitrogens with two attached hydrogens (primary N) is 1. The zero-order valence-electron chi connectivity index (χ0n) is 10.8. The van der Waals surface area contributed by atoms with Gasteiger partial charge in [0.05, 0.1) is 18.2 Å². The van der Waals surface area contributed by atoms with E-state index in [4.69, 9.17) is 22.1 Å². The summed E-state index contributed by atoms with van der Waals surface area (Å²) in [6.07, 6.45) is 0. The van der Waals surface area contributed by atoms with E-state index in [1.54, 1.807) is 25.3 Å². The van der Waals surface area contributed by atoms with Crippen molar-refractivity contribution in [3.63, 3.8) is 0 Å². The van der Waals surface area contributed by atoms with Gasteiger partial charge >= 0.3 is 0 Å². The first-order valence-corrected chi connectivity index (χ1v) is 6.26. The van der Waals surface area contributed by atoms with Gasteiger partial charge in [0.1, 0.15) is 11.6 Å². The van der Waals surface area contributed by atoms with Gasteiger partial charge in [-0.3, -0.25) is 0 Å². The minimum absolute atomic E-state index is 0.263. The van der Waals surface area contributed by atoms with Crippen molar-refractivity contribution in [2.24, 2.45) is 5.73 Å². The molecular formula is C15H15ClFNO. The Hall–Kier alpha value is -1.58. The lowest BCUT2D eigenvalue weighted by molar-refractivity contribution is 0.415. The van der Waals surface area contributed by atoms with E-state index in [0.29, 0.717) is 10.8 Å². The van der Waals surface area contributed by atoms with Crippen LogP contribution in [0.25, 0.3) is 0 Å². The molecule has 2 nitrogen and oxygen atoms in total. The fourth-order valence-corrected chi connectivity index (χ4v) is 2.31. The predicted molar refractivity (Wildman–Crippen MR) is 75.2 cm³/mol. The molecule has 0 aliphatic carbocycles. The molecule has 100 valence electrons. The highest BCUT2D eigenvalue weighted by Gasteiger charge is 2.13. The summed E-state index contributed by atoms with van der Waals surface area (Å²) in [5.74, 6) is 0.342. The molecule has 0 heterocycles. The number of rotatable bonds is 3. The summed E-state index contributed by atoms with van der Waals surface area (Å²) < 4.78 is 18.2. The van der Waals surface area contributed by atoms with Crippen molar-refractivity contribution in [2.45, 2.75) is 13.0 Å². The Balaban J connectivity index is 2.38. The summed E-state index contributed by atoms with van der Waals surface area (Å²) in [4.78, 5) is 0. The molecule has 2 aromatic rings. The third kappa shape index (κ3) is 2.88. The molecule has 0 radical (unpaired) electrons. The van der Waals surface area contributed by atoms with Crippen LogP contribution in [0, 0.1) is 12.7 Å². The fraction of sp³-hybridized carbons (Fsp3) is 0.200. The molecule has 19 heavy (non-hydrogen) atoms. The highest BCUT2D eigenvalue weighted by atomic mass is 35.5. The van der Waals surface area contributed by atoms with E-state index in [1.807, 2.05) is 13.0 Å². The first kappa shape index (κ1) is 13.8. The minimum Gasteiger partial charge on any atom is -0.495 e. The maximum Gasteiger partial charge on any atom is 0.137 e. The van der Waals surface area contributed by atoms with Crippen molar-refractivity contribution in [1.29, 1.82) is 0 Å². The van der Waals surface area contributed by atoms with Gasteiger partial charge in [0.15, 0.2) is 0 Å². The molecule has 0 aliphatic rings. The van der Waals surface area contributed by atoms with Crippen molar-refractivity contribution in [2.75, 3.05) is 7.11 Å². The molecule has 0 amide bonds. The van der Waals surface area contributed by atoms with Crippen LogP contribution in [-0.2, 0) is 0 Å². The van der Waals surface area contributed by atoms with E-state index in [-0.39, 0.29) is 11.9 Å². The van der Waals surface area contributed by atoms with E-state index < -0.39 is 0 Å². The molecule has 0 aliphatic heterocycles. The third-order valence-electron chi connectivity index (χ3n) is 3.10. The molecule has 1 unspecified atom stereocenters. The SMILES string of the molecule is COc1ccc(C(N)c2ccc(F)cc2C)cc1Cl. The maximum absolute atomic E-state index is 13.1. The maximum atomic E-state index is 13.1. The molecule has 0 bridgehead atoms. The Labute approximate surface area is 117 Å². The van der Waals surface area contributed by atoms with Gasteiger partial charge in [-0.15, -0.1) is 0 Å². The van der Waals surface area contributed by atoms with Crippen LogP contribution in [-0.4, -0.2) is 7.11 Å². The topological polar surface area (TPSA) is 35.2 Å². The van der Waals surface area contributed by atoms with Crippen LogP contribution in [0.5, 0.6) is 5.75 Å². The van der Waals surface area contributed by atoms with Crippen LogP contribution >= 0.6 is 11.6 Å². The Kier molecular flexibility index (Phi) is 4.08. The smallest absolute Gasteiger partial charge is 0.137 e. The number of methoxy groups -OCH3 is 1. The molecule has 4 heteroatoms. The third-order valence-corrected chi connectivity index (χ3v) is 3.40. The van der Waals surface area contributed by atoms with E-state index in [1.165, 1.54) is 12.1 Å². The summed E-state index contributed by atoms with van der Waals surface area (Å²) >= 11 is 6.09. The van der Waals surface area contributed by atoms with Crippen LogP contribution in [0.4, 0.5) is 4.39 Å². The molecule has 2 N–H and O–H groups in total. The molecule has 0 saturated heterocycles. The summed E-state index contributed by atoms with van der Waals surface area (Å²) in [5, 5.41) is 0.509. The minimum atomic E-state index is -0.344. The second-order valence-electron chi connectivity index (χ2n) is 4.37. The van der Waals surface area contributed by atoms with Crippen molar-refractivity contribution in [3.8, 4) is 5.75 Å². The molecule has 0 aromatic heterocycles.